The summed E-state index contributed by atoms with van der Waals surface area (Å²) in [5, 5.41) is 10.3. The summed E-state index contributed by atoms with van der Waals surface area (Å²) in [4.78, 5) is 15.8. The number of carboxylic acid groups (broad SMARTS) is 1. The fourth-order valence-electron chi connectivity index (χ4n) is 2.33. The maximum atomic E-state index is 12.4. The number of hydrogen-bond donors (Lipinski definition) is 2. The molecule has 0 aliphatic rings. The molecule has 0 radical (unpaired) electrons. The molecule has 9 heteroatoms. The molecule has 0 saturated carbocycles. The van der Waals surface area contributed by atoms with Gasteiger partial charge in [-0.1, -0.05) is 18.2 Å². The van der Waals surface area contributed by atoms with Gasteiger partial charge in [0.2, 0.25) is 0 Å². The highest BCUT2D eigenvalue weighted by molar-refractivity contribution is 9.11. The second kappa shape index (κ2) is 7.20. The van der Waals surface area contributed by atoms with Gasteiger partial charge in [-0.25, -0.2) is 8.42 Å². The Hall–Kier alpha value is -1.81. The number of benzene rings is 1. The number of aliphatic carboxylic acids is 1. The Morgan fingerprint density at radius 3 is 2.72 bits per heavy atom. The molecule has 0 unspecified atom stereocenters. The van der Waals surface area contributed by atoms with Gasteiger partial charge in [-0.3, -0.25) is 9.78 Å². The number of rotatable bonds is 6. The molecule has 0 saturated heterocycles. The highest BCUT2D eigenvalue weighted by Gasteiger charge is 2.27. The van der Waals surface area contributed by atoms with Crippen LogP contribution in [0, 0.1) is 0 Å². The van der Waals surface area contributed by atoms with E-state index in [-0.39, 0.29) is 10.6 Å². The first-order valence-electron chi connectivity index (χ1n) is 7.19. The van der Waals surface area contributed by atoms with Crippen molar-refractivity contribution in [2.24, 2.45) is 0 Å². The Morgan fingerprint density at radius 2 is 2.04 bits per heavy atom. The first-order valence-corrected chi connectivity index (χ1v) is 10.3. The summed E-state index contributed by atoms with van der Waals surface area (Å²) in [7, 11) is -3.91. The van der Waals surface area contributed by atoms with Crippen LogP contribution in [0.5, 0.6) is 0 Å². The van der Waals surface area contributed by atoms with Crippen LogP contribution in [0.3, 0.4) is 0 Å². The lowest BCUT2D eigenvalue weighted by molar-refractivity contribution is -0.138. The van der Waals surface area contributed by atoms with Gasteiger partial charge < -0.3 is 5.11 Å². The monoisotopic (exact) mass is 440 g/mol. The molecule has 3 aromatic rings. The summed E-state index contributed by atoms with van der Waals surface area (Å²) in [5.74, 6) is -1.24. The van der Waals surface area contributed by atoms with E-state index in [2.05, 4.69) is 25.6 Å². The van der Waals surface area contributed by atoms with Crippen molar-refractivity contribution in [3.05, 3.63) is 58.0 Å². The van der Waals surface area contributed by atoms with E-state index in [1.165, 1.54) is 6.07 Å². The average molecular weight is 441 g/mol. The molecular formula is C16H13BrN2O4S2. The number of aromatic nitrogens is 1. The quantitative estimate of drug-likeness (QED) is 0.613. The smallest absolute Gasteiger partial charge is 0.322 e. The third-order valence-electron chi connectivity index (χ3n) is 3.50. The molecule has 1 aromatic carbocycles. The summed E-state index contributed by atoms with van der Waals surface area (Å²) in [6, 6.07) is 11.0. The van der Waals surface area contributed by atoms with Gasteiger partial charge in [0.25, 0.3) is 10.0 Å². The largest absolute Gasteiger partial charge is 0.480 e. The van der Waals surface area contributed by atoms with E-state index in [0.29, 0.717) is 9.35 Å². The van der Waals surface area contributed by atoms with Gasteiger partial charge in [0.15, 0.2) is 0 Å². The first kappa shape index (κ1) is 18.0. The summed E-state index contributed by atoms with van der Waals surface area (Å²) in [6.45, 7) is 0. The van der Waals surface area contributed by atoms with Crippen LogP contribution in [0.2, 0.25) is 0 Å². The zero-order valence-electron chi connectivity index (χ0n) is 12.7. The van der Waals surface area contributed by atoms with Crippen molar-refractivity contribution < 1.29 is 18.3 Å². The molecule has 0 aliphatic carbocycles. The van der Waals surface area contributed by atoms with Gasteiger partial charge >= 0.3 is 5.97 Å². The van der Waals surface area contributed by atoms with Crippen molar-refractivity contribution in [2.45, 2.75) is 16.7 Å². The standard InChI is InChI=1S/C16H13BrN2O4S2/c17-14-5-6-15(24-14)25(22,23)19-13(16(20)21)8-10-7-11-3-1-2-4-12(11)18-9-10/h1-7,9,13,19H,8H2,(H,20,21)/t13-/m0/s1. The van der Waals surface area contributed by atoms with Crippen molar-refractivity contribution in [1.82, 2.24) is 9.71 Å². The number of para-hydroxylation sites is 1. The van der Waals surface area contributed by atoms with Crippen molar-refractivity contribution >= 4 is 54.2 Å². The summed E-state index contributed by atoms with van der Waals surface area (Å²) in [6.07, 6.45) is 1.56. The van der Waals surface area contributed by atoms with Crippen LogP contribution in [-0.2, 0) is 21.2 Å². The lowest BCUT2D eigenvalue weighted by Crippen LogP contribution is -2.42. The topological polar surface area (TPSA) is 96.4 Å². The molecule has 2 aromatic heterocycles. The van der Waals surface area contributed by atoms with Gasteiger partial charge in [0.1, 0.15) is 10.3 Å². The van der Waals surface area contributed by atoms with E-state index in [0.717, 1.165) is 22.2 Å². The van der Waals surface area contributed by atoms with E-state index in [1.54, 1.807) is 12.3 Å². The molecule has 0 aliphatic heterocycles. The number of carboxylic acids is 1. The number of pyridine rings is 1. The lowest BCUT2D eigenvalue weighted by Gasteiger charge is -2.14. The minimum Gasteiger partial charge on any atom is -0.480 e. The molecule has 25 heavy (non-hydrogen) atoms. The molecule has 0 bridgehead atoms. The van der Waals surface area contributed by atoms with E-state index in [4.69, 9.17) is 0 Å². The molecule has 0 fully saturated rings. The highest BCUT2D eigenvalue weighted by Crippen LogP contribution is 2.26. The number of hydrogen-bond acceptors (Lipinski definition) is 5. The Labute approximate surface area is 156 Å². The minimum atomic E-state index is -3.91. The molecule has 6 nitrogen and oxygen atoms in total. The number of nitrogens with zero attached hydrogens (tertiary/aromatic N) is 1. The third kappa shape index (κ3) is 4.24. The number of fused-ring (bicyclic) bond motifs is 1. The summed E-state index contributed by atoms with van der Waals surface area (Å²) >= 11 is 4.22. The number of nitrogens with one attached hydrogen (secondary N) is 1. The van der Waals surface area contributed by atoms with Gasteiger partial charge in [-0.2, -0.15) is 4.72 Å². The predicted octanol–water partition coefficient (Wildman–Crippen LogP) is 3.03. The minimum absolute atomic E-state index is 0.00105. The van der Waals surface area contributed by atoms with Gasteiger partial charge in [-0.15, -0.1) is 11.3 Å². The van der Waals surface area contributed by atoms with Crippen LogP contribution in [-0.4, -0.2) is 30.5 Å². The van der Waals surface area contributed by atoms with Crippen LogP contribution < -0.4 is 4.72 Å². The van der Waals surface area contributed by atoms with Crippen molar-refractivity contribution in [1.29, 1.82) is 0 Å². The number of thiophene rings is 1. The van der Waals surface area contributed by atoms with Crippen molar-refractivity contribution in [3.63, 3.8) is 0 Å². The Balaban J connectivity index is 1.84. The normalized spacial score (nSPS) is 13.0. The van der Waals surface area contributed by atoms with E-state index >= 15 is 0 Å². The molecule has 2 N–H and O–H groups in total. The second-order valence-corrected chi connectivity index (χ2v) is 9.71. The third-order valence-corrected chi connectivity index (χ3v) is 7.08. The van der Waals surface area contributed by atoms with E-state index in [1.807, 2.05) is 30.3 Å². The Bertz CT molecular complexity index is 1030. The zero-order valence-corrected chi connectivity index (χ0v) is 15.9. The maximum Gasteiger partial charge on any atom is 0.322 e. The SMILES string of the molecule is O=C(O)[C@H](Cc1cnc2ccccc2c1)NS(=O)(=O)c1ccc(Br)s1. The Kier molecular flexibility index (Phi) is 5.19. The van der Waals surface area contributed by atoms with Crippen molar-refractivity contribution in [3.8, 4) is 0 Å². The van der Waals surface area contributed by atoms with Crippen LogP contribution in [0.1, 0.15) is 5.56 Å². The van der Waals surface area contributed by atoms with Crippen molar-refractivity contribution in [2.75, 3.05) is 0 Å². The molecule has 3 rings (SSSR count). The highest BCUT2D eigenvalue weighted by atomic mass is 79.9. The molecule has 0 amide bonds. The molecule has 2 heterocycles. The molecule has 0 spiro atoms. The average Bonchev–Trinajstić information content (AvgIpc) is 3.01. The first-order chi connectivity index (χ1) is 11.8. The molecule has 130 valence electrons. The summed E-state index contributed by atoms with van der Waals surface area (Å²) < 4.78 is 27.7. The lowest BCUT2D eigenvalue weighted by atomic mass is 10.1. The number of carbonyl (C=O) groups is 1. The van der Waals surface area contributed by atoms with Crippen LogP contribution in [0.4, 0.5) is 0 Å². The van der Waals surface area contributed by atoms with Gasteiger partial charge in [-0.05, 0) is 45.8 Å². The second-order valence-electron chi connectivity index (χ2n) is 5.31. The fourth-order valence-corrected chi connectivity index (χ4v) is 5.55. The maximum absolute atomic E-state index is 12.4. The van der Waals surface area contributed by atoms with E-state index < -0.39 is 22.0 Å². The molecule has 1 atom stereocenters. The number of sulfonamides is 1. The van der Waals surface area contributed by atoms with Crippen LogP contribution in [0.25, 0.3) is 10.9 Å². The molecular weight excluding hydrogens is 428 g/mol. The summed E-state index contributed by atoms with van der Waals surface area (Å²) in [5.41, 5.74) is 1.43. The van der Waals surface area contributed by atoms with Gasteiger partial charge in [0.05, 0.1) is 9.30 Å². The zero-order chi connectivity index (χ0) is 18.0. The van der Waals surface area contributed by atoms with Crippen LogP contribution in [0.15, 0.2) is 56.7 Å². The fraction of sp³-hybridized carbons (Fsp3) is 0.125. The van der Waals surface area contributed by atoms with Gasteiger partial charge in [0, 0.05) is 18.0 Å². The predicted molar refractivity (Wildman–Crippen MR) is 99.2 cm³/mol. The van der Waals surface area contributed by atoms with E-state index in [9.17, 15) is 18.3 Å². The van der Waals surface area contributed by atoms with Crippen LogP contribution >= 0.6 is 27.3 Å². The Morgan fingerprint density at radius 1 is 1.28 bits per heavy atom. The number of halogens is 1.